The van der Waals surface area contributed by atoms with Crippen molar-refractivity contribution >= 4 is 42.7 Å². The van der Waals surface area contributed by atoms with Gasteiger partial charge in [0.15, 0.2) is 23.3 Å². The summed E-state index contributed by atoms with van der Waals surface area (Å²) in [6.45, 7) is 0. The molecule has 5 aromatic carbocycles. The molecule has 0 bridgehead atoms. The molecule has 55 heavy (non-hydrogen) atoms. The second kappa shape index (κ2) is 14.3. The summed E-state index contributed by atoms with van der Waals surface area (Å²) in [5.41, 5.74) is 9.89. The molecule has 1 atom stereocenters. The van der Waals surface area contributed by atoms with Crippen molar-refractivity contribution in [3.8, 4) is 45.6 Å². The van der Waals surface area contributed by atoms with E-state index in [1.807, 2.05) is 78.1 Å². The zero-order valence-electron chi connectivity index (χ0n) is 30.0. The number of fused-ring (bicyclic) bond motifs is 3. The molecular weight excluding hydrogens is 691 g/mol. The van der Waals surface area contributed by atoms with E-state index < -0.39 is 0 Å². The maximum Gasteiger partial charge on any atom is 0.164 e. The normalized spacial score (nSPS) is 15.3. The van der Waals surface area contributed by atoms with Crippen molar-refractivity contribution in [3.63, 3.8) is 0 Å². The van der Waals surface area contributed by atoms with Gasteiger partial charge in [-0.05, 0) is 54.2 Å². The number of aromatic nitrogens is 5. The van der Waals surface area contributed by atoms with E-state index in [2.05, 4.69) is 103 Å². The van der Waals surface area contributed by atoms with Gasteiger partial charge >= 0.3 is 0 Å². The minimum atomic E-state index is 0.247. The van der Waals surface area contributed by atoms with Crippen LogP contribution >= 0.6 is 11.3 Å². The fraction of sp³-hybridized carbons (Fsp3) is 0.0816. The van der Waals surface area contributed by atoms with Gasteiger partial charge in [-0.15, -0.1) is 11.3 Å². The smallest absolute Gasteiger partial charge is 0.164 e. The molecule has 5 nitrogen and oxygen atoms in total. The van der Waals surface area contributed by atoms with Crippen LogP contribution in [0, 0.1) is 0 Å². The highest BCUT2D eigenvalue weighted by Gasteiger charge is 2.20. The highest BCUT2D eigenvalue weighted by atomic mass is 32.1. The second-order valence-electron chi connectivity index (χ2n) is 13.9. The highest BCUT2D eigenvalue weighted by Crippen LogP contribution is 2.42. The van der Waals surface area contributed by atoms with E-state index in [0.29, 0.717) is 17.5 Å². The number of benzene rings is 5. The molecule has 0 saturated carbocycles. The number of thiophene rings is 1. The Kier molecular flexibility index (Phi) is 8.58. The molecule has 6 heteroatoms. The molecule has 0 radical (unpaired) electrons. The Labute approximate surface area is 323 Å². The lowest BCUT2D eigenvalue weighted by Crippen LogP contribution is -2.06. The van der Waals surface area contributed by atoms with E-state index in [-0.39, 0.29) is 5.92 Å². The summed E-state index contributed by atoms with van der Waals surface area (Å²) in [4.78, 5) is 25.0. The molecule has 0 N–H and O–H groups in total. The van der Waals surface area contributed by atoms with Crippen molar-refractivity contribution in [3.05, 3.63) is 187 Å². The second-order valence-corrected chi connectivity index (χ2v) is 15.0. The van der Waals surface area contributed by atoms with Crippen LogP contribution in [0.1, 0.15) is 42.1 Å². The SMILES string of the molecule is C1=CCC(c2cc(C3=CC=C(c4cccc5sc6cc(-c7nc(-c8ccccc8)nc(-c8ccccc8)n7)ccc6c45)CC3)nc(-c3ccccc3)n2)C=C1. The first-order chi connectivity index (χ1) is 27.2. The lowest BCUT2D eigenvalue weighted by Gasteiger charge is -2.19. The minimum Gasteiger partial charge on any atom is -0.232 e. The summed E-state index contributed by atoms with van der Waals surface area (Å²) in [7, 11) is 0. The summed E-state index contributed by atoms with van der Waals surface area (Å²) < 4.78 is 2.48. The average molecular weight is 726 g/mol. The van der Waals surface area contributed by atoms with Crippen LogP contribution in [-0.4, -0.2) is 24.9 Å². The van der Waals surface area contributed by atoms with Gasteiger partial charge in [0.2, 0.25) is 0 Å². The van der Waals surface area contributed by atoms with Gasteiger partial charge in [0.1, 0.15) is 0 Å². The van der Waals surface area contributed by atoms with Crippen LogP contribution in [0.2, 0.25) is 0 Å². The predicted octanol–water partition coefficient (Wildman–Crippen LogP) is 12.6. The average Bonchev–Trinajstić information content (AvgIpc) is 3.66. The standard InChI is InChI=1S/C49H35N5S/c1-5-14-33(15-6-1)41-31-42(51-46(50-41)35-16-7-2-8-17-35)34-26-24-32(25-27-34)39-22-13-23-43-45(39)40-29-28-38(30-44(40)55-43)49-53-47(36-18-9-3-10-19-36)52-48(54-49)37-20-11-4-12-21-37/h1-14,16-24,26,28-31,33H,15,25,27H2. The molecule has 2 aliphatic rings. The summed E-state index contributed by atoms with van der Waals surface area (Å²) in [5.74, 6) is 3.02. The maximum atomic E-state index is 5.12. The highest BCUT2D eigenvalue weighted by molar-refractivity contribution is 7.25. The van der Waals surface area contributed by atoms with Gasteiger partial charge in [-0.25, -0.2) is 24.9 Å². The first kappa shape index (κ1) is 33.0. The molecule has 0 fully saturated rings. The molecule has 1 unspecified atom stereocenters. The fourth-order valence-corrected chi connectivity index (χ4v) is 8.75. The van der Waals surface area contributed by atoms with Crippen molar-refractivity contribution < 1.29 is 0 Å². The van der Waals surface area contributed by atoms with Gasteiger partial charge in [-0.3, -0.25) is 0 Å². The molecule has 10 rings (SSSR count). The van der Waals surface area contributed by atoms with Crippen LogP contribution in [0.15, 0.2) is 170 Å². The molecule has 0 spiro atoms. The topological polar surface area (TPSA) is 64.5 Å². The van der Waals surface area contributed by atoms with E-state index in [0.717, 1.165) is 58.7 Å². The summed E-state index contributed by atoms with van der Waals surface area (Å²) >= 11 is 1.82. The third-order valence-electron chi connectivity index (χ3n) is 10.4. The molecule has 262 valence electrons. The van der Waals surface area contributed by atoms with Gasteiger partial charge in [-0.2, -0.15) is 0 Å². The minimum absolute atomic E-state index is 0.247. The summed E-state index contributed by atoms with van der Waals surface area (Å²) in [6.07, 6.45) is 16.1. The number of hydrogen-bond donors (Lipinski definition) is 0. The van der Waals surface area contributed by atoms with E-state index in [4.69, 9.17) is 24.9 Å². The molecule has 2 aliphatic carbocycles. The Morgan fingerprint density at radius 2 is 1.11 bits per heavy atom. The zero-order chi connectivity index (χ0) is 36.6. The third kappa shape index (κ3) is 6.51. The largest absolute Gasteiger partial charge is 0.232 e. The van der Waals surface area contributed by atoms with Gasteiger partial charge in [0, 0.05) is 48.3 Å². The van der Waals surface area contributed by atoms with E-state index in [9.17, 15) is 0 Å². The Bertz CT molecular complexity index is 2780. The lowest BCUT2D eigenvalue weighted by molar-refractivity contribution is 0.808. The summed E-state index contributed by atoms with van der Waals surface area (Å²) in [5, 5.41) is 2.55. The van der Waals surface area contributed by atoms with Gasteiger partial charge in [0.25, 0.3) is 0 Å². The van der Waals surface area contributed by atoms with Crippen LogP contribution in [-0.2, 0) is 0 Å². The number of nitrogens with zero attached hydrogens (tertiary/aromatic N) is 5. The molecule has 0 saturated heterocycles. The Hall–Kier alpha value is -6.63. The first-order valence-electron chi connectivity index (χ1n) is 18.7. The predicted molar refractivity (Wildman–Crippen MR) is 227 cm³/mol. The number of allylic oxidation sites excluding steroid dienone is 8. The Morgan fingerprint density at radius 3 is 1.73 bits per heavy atom. The zero-order valence-corrected chi connectivity index (χ0v) is 30.8. The van der Waals surface area contributed by atoms with Crippen molar-refractivity contribution in [2.24, 2.45) is 0 Å². The monoisotopic (exact) mass is 725 g/mol. The van der Waals surface area contributed by atoms with Crippen LogP contribution in [0.3, 0.4) is 0 Å². The molecule has 0 amide bonds. The van der Waals surface area contributed by atoms with E-state index in [1.54, 1.807) is 0 Å². The maximum absolute atomic E-state index is 5.12. The third-order valence-corrected chi connectivity index (χ3v) is 11.5. The van der Waals surface area contributed by atoms with Crippen molar-refractivity contribution in [1.29, 1.82) is 0 Å². The van der Waals surface area contributed by atoms with Crippen LogP contribution < -0.4 is 0 Å². The van der Waals surface area contributed by atoms with Gasteiger partial charge < -0.3 is 0 Å². The number of rotatable bonds is 7. The quantitative estimate of drug-likeness (QED) is 0.164. The van der Waals surface area contributed by atoms with E-state index >= 15 is 0 Å². The number of hydrogen-bond acceptors (Lipinski definition) is 6. The molecule has 0 aliphatic heterocycles. The van der Waals surface area contributed by atoms with Crippen LogP contribution in [0.25, 0.3) is 76.9 Å². The summed E-state index contributed by atoms with van der Waals surface area (Å²) in [6, 6.07) is 46.1. The first-order valence-corrected chi connectivity index (χ1v) is 19.6. The van der Waals surface area contributed by atoms with Crippen LogP contribution in [0.4, 0.5) is 0 Å². The Morgan fingerprint density at radius 1 is 0.491 bits per heavy atom. The van der Waals surface area contributed by atoms with Gasteiger partial charge in [-0.1, -0.05) is 152 Å². The fourth-order valence-electron chi connectivity index (χ4n) is 7.58. The van der Waals surface area contributed by atoms with Crippen molar-refractivity contribution in [1.82, 2.24) is 24.9 Å². The molecule has 8 aromatic rings. The van der Waals surface area contributed by atoms with Crippen molar-refractivity contribution in [2.45, 2.75) is 25.2 Å². The molecule has 3 aromatic heterocycles. The van der Waals surface area contributed by atoms with Gasteiger partial charge in [0.05, 0.1) is 11.4 Å². The lowest BCUT2D eigenvalue weighted by atomic mass is 9.89. The Balaban J connectivity index is 1.02. The van der Waals surface area contributed by atoms with E-state index in [1.165, 1.54) is 36.9 Å². The van der Waals surface area contributed by atoms with Crippen LogP contribution in [0.5, 0.6) is 0 Å². The molecular formula is C49H35N5S. The molecule has 3 heterocycles. The van der Waals surface area contributed by atoms with Crippen molar-refractivity contribution in [2.75, 3.05) is 0 Å².